The fourth-order valence-corrected chi connectivity index (χ4v) is 2.65. The molecule has 0 heterocycles. The Balaban J connectivity index is 2.35. The summed E-state index contributed by atoms with van der Waals surface area (Å²) in [5, 5.41) is 0. The van der Waals surface area contributed by atoms with E-state index < -0.39 is 0 Å². The van der Waals surface area contributed by atoms with Gasteiger partial charge in [-0.2, -0.15) is 0 Å². The van der Waals surface area contributed by atoms with Gasteiger partial charge in [0.2, 0.25) is 0 Å². The first-order chi connectivity index (χ1) is 9.61. The number of benzene rings is 2. The summed E-state index contributed by atoms with van der Waals surface area (Å²) < 4.78 is 0. The molecule has 0 aliphatic rings. The van der Waals surface area contributed by atoms with Crippen LogP contribution in [0, 0.1) is 12.8 Å². The average Bonchev–Trinajstić information content (AvgIpc) is 2.41. The van der Waals surface area contributed by atoms with Crippen molar-refractivity contribution in [2.45, 2.75) is 33.2 Å². The molecular formula is C18H24N2. The van der Waals surface area contributed by atoms with E-state index in [1.54, 1.807) is 0 Å². The zero-order chi connectivity index (χ0) is 14.5. The molecule has 2 nitrogen and oxygen atoms in total. The van der Waals surface area contributed by atoms with Gasteiger partial charge in [0.05, 0.1) is 6.04 Å². The first kappa shape index (κ1) is 14.8. The van der Waals surface area contributed by atoms with Crippen LogP contribution in [0.2, 0.25) is 0 Å². The molecule has 0 aromatic heterocycles. The summed E-state index contributed by atoms with van der Waals surface area (Å²) in [5.74, 6) is 6.47. The lowest BCUT2D eigenvalue weighted by Crippen LogP contribution is -2.29. The van der Waals surface area contributed by atoms with Crippen molar-refractivity contribution < 1.29 is 0 Å². The molecule has 0 saturated carbocycles. The van der Waals surface area contributed by atoms with Gasteiger partial charge in [0.25, 0.3) is 0 Å². The molecule has 0 fully saturated rings. The van der Waals surface area contributed by atoms with Crippen molar-refractivity contribution in [3.8, 4) is 0 Å². The molecule has 0 aliphatic heterocycles. The number of hydrogen-bond acceptors (Lipinski definition) is 2. The monoisotopic (exact) mass is 268 g/mol. The Bertz CT molecular complexity index is 561. The SMILES string of the molecule is Cc1ccccc1C(NN)c1cccc(CC(C)C)c1. The van der Waals surface area contributed by atoms with E-state index in [1.165, 1.54) is 22.3 Å². The van der Waals surface area contributed by atoms with Crippen LogP contribution in [-0.4, -0.2) is 0 Å². The number of aryl methyl sites for hydroxylation is 1. The number of hydrogen-bond donors (Lipinski definition) is 2. The van der Waals surface area contributed by atoms with Gasteiger partial charge in [-0.05, 0) is 41.5 Å². The van der Waals surface area contributed by atoms with E-state index in [0.29, 0.717) is 5.92 Å². The van der Waals surface area contributed by atoms with E-state index in [1.807, 2.05) is 0 Å². The maximum absolute atomic E-state index is 5.81. The van der Waals surface area contributed by atoms with Crippen molar-refractivity contribution in [3.05, 3.63) is 70.8 Å². The molecule has 0 amide bonds. The summed E-state index contributed by atoms with van der Waals surface area (Å²) >= 11 is 0. The maximum atomic E-state index is 5.81. The summed E-state index contributed by atoms with van der Waals surface area (Å²) in [6.07, 6.45) is 1.10. The van der Waals surface area contributed by atoms with Crippen LogP contribution in [0.5, 0.6) is 0 Å². The minimum Gasteiger partial charge on any atom is -0.271 e. The predicted molar refractivity (Wildman–Crippen MR) is 85.3 cm³/mol. The highest BCUT2D eigenvalue weighted by molar-refractivity contribution is 5.38. The fraction of sp³-hybridized carbons (Fsp3) is 0.333. The molecular weight excluding hydrogens is 244 g/mol. The number of rotatable bonds is 5. The lowest BCUT2D eigenvalue weighted by Gasteiger charge is -2.20. The van der Waals surface area contributed by atoms with Crippen LogP contribution in [0.4, 0.5) is 0 Å². The minimum atomic E-state index is 0.0447. The van der Waals surface area contributed by atoms with Gasteiger partial charge in [0, 0.05) is 0 Å². The highest BCUT2D eigenvalue weighted by Gasteiger charge is 2.14. The lowest BCUT2D eigenvalue weighted by atomic mass is 9.93. The highest BCUT2D eigenvalue weighted by atomic mass is 15.2. The van der Waals surface area contributed by atoms with Gasteiger partial charge in [0.1, 0.15) is 0 Å². The van der Waals surface area contributed by atoms with Crippen molar-refractivity contribution in [2.75, 3.05) is 0 Å². The molecule has 1 atom stereocenters. The Morgan fingerprint density at radius 3 is 2.45 bits per heavy atom. The molecule has 20 heavy (non-hydrogen) atoms. The Morgan fingerprint density at radius 2 is 1.80 bits per heavy atom. The fourth-order valence-electron chi connectivity index (χ4n) is 2.65. The standard InChI is InChI=1S/C18H24N2/c1-13(2)11-15-8-6-9-16(12-15)18(20-19)17-10-5-4-7-14(17)3/h4-10,12-13,18,20H,11,19H2,1-3H3. The topological polar surface area (TPSA) is 38.0 Å². The lowest BCUT2D eigenvalue weighted by molar-refractivity contribution is 0.625. The van der Waals surface area contributed by atoms with Crippen molar-refractivity contribution in [3.63, 3.8) is 0 Å². The van der Waals surface area contributed by atoms with Crippen LogP contribution in [-0.2, 0) is 6.42 Å². The largest absolute Gasteiger partial charge is 0.271 e. The third-order valence-corrected chi connectivity index (χ3v) is 3.59. The predicted octanol–water partition coefficient (Wildman–Crippen LogP) is 3.75. The van der Waals surface area contributed by atoms with Crippen LogP contribution in [0.25, 0.3) is 0 Å². The molecule has 0 spiro atoms. The van der Waals surface area contributed by atoms with Gasteiger partial charge in [-0.25, -0.2) is 5.43 Å². The summed E-state index contributed by atoms with van der Waals surface area (Å²) in [5.41, 5.74) is 8.03. The molecule has 0 radical (unpaired) electrons. The molecule has 3 N–H and O–H groups in total. The molecule has 2 aromatic rings. The van der Waals surface area contributed by atoms with E-state index in [9.17, 15) is 0 Å². The van der Waals surface area contributed by atoms with Gasteiger partial charge in [-0.15, -0.1) is 0 Å². The quantitative estimate of drug-likeness (QED) is 0.640. The highest BCUT2D eigenvalue weighted by Crippen LogP contribution is 2.25. The molecule has 2 heteroatoms. The van der Waals surface area contributed by atoms with Crippen LogP contribution in [0.15, 0.2) is 48.5 Å². The van der Waals surface area contributed by atoms with Crippen molar-refractivity contribution >= 4 is 0 Å². The van der Waals surface area contributed by atoms with Crippen LogP contribution in [0.3, 0.4) is 0 Å². The third kappa shape index (κ3) is 3.47. The van der Waals surface area contributed by atoms with E-state index in [-0.39, 0.29) is 6.04 Å². The van der Waals surface area contributed by atoms with Crippen LogP contribution in [0.1, 0.15) is 42.1 Å². The van der Waals surface area contributed by atoms with E-state index >= 15 is 0 Å². The van der Waals surface area contributed by atoms with Gasteiger partial charge >= 0.3 is 0 Å². The van der Waals surface area contributed by atoms with Gasteiger partial charge in [-0.3, -0.25) is 5.84 Å². The van der Waals surface area contributed by atoms with Gasteiger partial charge in [-0.1, -0.05) is 62.4 Å². The van der Waals surface area contributed by atoms with Crippen molar-refractivity contribution in [1.82, 2.24) is 5.43 Å². The summed E-state index contributed by atoms with van der Waals surface area (Å²) in [4.78, 5) is 0. The third-order valence-electron chi connectivity index (χ3n) is 3.59. The van der Waals surface area contributed by atoms with Crippen LogP contribution >= 0.6 is 0 Å². The second-order valence-electron chi connectivity index (χ2n) is 5.80. The first-order valence-electron chi connectivity index (χ1n) is 7.22. The zero-order valence-electron chi connectivity index (χ0n) is 12.6. The van der Waals surface area contributed by atoms with Crippen LogP contribution < -0.4 is 11.3 Å². The second-order valence-corrected chi connectivity index (χ2v) is 5.80. The maximum Gasteiger partial charge on any atom is 0.0712 e. The molecule has 1 unspecified atom stereocenters. The second kappa shape index (κ2) is 6.69. The summed E-state index contributed by atoms with van der Waals surface area (Å²) in [6.45, 7) is 6.61. The smallest absolute Gasteiger partial charge is 0.0712 e. The average molecular weight is 268 g/mol. The van der Waals surface area contributed by atoms with Gasteiger partial charge in [0.15, 0.2) is 0 Å². The van der Waals surface area contributed by atoms with E-state index in [0.717, 1.165) is 6.42 Å². The molecule has 2 aromatic carbocycles. The zero-order valence-corrected chi connectivity index (χ0v) is 12.6. The van der Waals surface area contributed by atoms with Crippen molar-refractivity contribution in [1.29, 1.82) is 0 Å². The molecule has 2 rings (SSSR count). The molecule has 0 aliphatic carbocycles. The minimum absolute atomic E-state index is 0.0447. The van der Waals surface area contributed by atoms with Gasteiger partial charge < -0.3 is 0 Å². The summed E-state index contributed by atoms with van der Waals surface area (Å²) in [6, 6.07) is 17.1. The summed E-state index contributed by atoms with van der Waals surface area (Å²) in [7, 11) is 0. The Kier molecular flexibility index (Phi) is 4.94. The van der Waals surface area contributed by atoms with E-state index in [4.69, 9.17) is 5.84 Å². The van der Waals surface area contributed by atoms with E-state index in [2.05, 4.69) is 74.7 Å². The normalized spacial score (nSPS) is 12.7. The molecule has 106 valence electrons. The Labute approximate surface area is 122 Å². The first-order valence-corrected chi connectivity index (χ1v) is 7.22. The number of nitrogens with two attached hydrogens (primary N) is 1. The molecule has 0 saturated heterocycles. The number of nitrogens with one attached hydrogen (secondary N) is 1. The Hall–Kier alpha value is -1.64. The Morgan fingerprint density at radius 1 is 1.05 bits per heavy atom. The van der Waals surface area contributed by atoms with Crippen molar-refractivity contribution in [2.24, 2.45) is 11.8 Å². The number of hydrazine groups is 1. The molecule has 0 bridgehead atoms.